The third kappa shape index (κ3) is 3.74. The van der Waals surface area contributed by atoms with Crippen LogP contribution in [0.3, 0.4) is 0 Å². The van der Waals surface area contributed by atoms with Gasteiger partial charge in [-0.15, -0.1) is 0 Å². The fourth-order valence-corrected chi connectivity index (χ4v) is 3.03. The van der Waals surface area contributed by atoms with Gasteiger partial charge in [0.25, 0.3) is 5.91 Å². The van der Waals surface area contributed by atoms with Crippen molar-refractivity contribution in [1.82, 2.24) is 20.3 Å². The van der Waals surface area contributed by atoms with Crippen LogP contribution in [0.2, 0.25) is 0 Å². The van der Waals surface area contributed by atoms with Gasteiger partial charge in [0.05, 0.1) is 42.1 Å². The number of aromatic nitrogens is 3. The van der Waals surface area contributed by atoms with E-state index in [4.69, 9.17) is 9.47 Å². The molecule has 3 heterocycles. The van der Waals surface area contributed by atoms with Gasteiger partial charge in [0.15, 0.2) is 5.82 Å². The lowest BCUT2D eigenvalue weighted by Gasteiger charge is -2.31. The molecule has 2 aromatic heterocycles. The topological polar surface area (TPSA) is 89.1 Å². The van der Waals surface area contributed by atoms with Crippen molar-refractivity contribution >= 4 is 16.9 Å². The van der Waals surface area contributed by atoms with Crippen LogP contribution in [0, 0.1) is 0 Å². The van der Waals surface area contributed by atoms with Gasteiger partial charge in [0.2, 0.25) is 0 Å². The second kappa shape index (κ2) is 7.63. The van der Waals surface area contributed by atoms with Crippen molar-refractivity contribution in [3.8, 4) is 0 Å². The molecule has 2 atom stereocenters. The van der Waals surface area contributed by atoms with Crippen molar-refractivity contribution in [2.75, 3.05) is 13.2 Å². The largest absolute Gasteiger partial charge is 0.379 e. The Hall–Kier alpha value is -2.77. The van der Waals surface area contributed by atoms with E-state index < -0.39 is 0 Å². The molecule has 7 nitrogen and oxygen atoms in total. The molecule has 1 aromatic carbocycles. The summed E-state index contributed by atoms with van der Waals surface area (Å²) in [6.07, 6.45) is 2.33. The van der Waals surface area contributed by atoms with Gasteiger partial charge >= 0.3 is 0 Å². The maximum Gasteiger partial charge on any atom is 0.287 e. The van der Waals surface area contributed by atoms with Crippen LogP contribution in [0.1, 0.15) is 22.7 Å². The van der Waals surface area contributed by atoms with E-state index in [0.29, 0.717) is 25.6 Å². The summed E-state index contributed by atoms with van der Waals surface area (Å²) in [7, 11) is 0. The molecule has 0 spiro atoms. The van der Waals surface area contributed by atoms with Gasteiger partial charge in [-0.05, 0) is 30.7 Å². The van der Waals surface area contributed by atoms with Crippen molar-refractivity contribution < 1.29 is 14.3 Å². The lowest BCUT2D eigenvalue weighted by molar-refractivity contribution is -0.0613. The Labute approximate surface area is 150 Å². The van der Waals surface area contributed by atoms with Gasteiger partial charge in [-0.25, -0.2) is 4.98 Å². The number of hydrogen-bond acceptors (Lipinski definition) is 5. The summed E-state index contributed by atoms with van der Waals surface area (Å²) in [6, 6.07) is 13.0. The van der Waals surface area contributed by atoms with E-state index in [1.807, 2.05) is 42.5 Å². The molecule has 7 heteroatoms. The predicted octanol–water partition coefficient (Wildman–Crippen LogP) is 2.06. The first-order valence-corrected chi connectivity index (χ1v) is 8.64. The summed E-state index contributed by atoms with van der Waals surface area (Å²) in [4.78, 5) is 24.2. The zero-order valence-electron chi connectivity index (χ0n) is 14.2. The molecule has 0 bridgehead atoms. The maximum absolute atomic E-state index is 12.6. The number of ether oxygens (including phenoxy) is 2. The number of para-hydroxylation sites is 2. The molecule has 0 unspecified atom stereocenters. The first-order valence-electron chi connectivity index (χ1n) is 8.64. The normalized spacial score (nSPS) is 20.2. The van der Waals surface area contributed by atoms with E-state index in [2.05, 4.69) is 20.3 Å². The maximum atomic E-state index is 12.6. The molecule has 1 amide bonds. The molecule has 1 fully saturated rings. The Kier molecular flexibility index (Phi) is 4.90. The number of carbonyl (C=O) groups excluding carboxylic acids is 1. The van der Waals surface area contributed by atoms with E-state index in [-0.39, 0.29) is 18.1 Å². The van der Waals surface area contributed by atoms with Crippen molar-refractivity contribution in [1.29, 1.82) is 0 Å². The summed E-state index contributed by atoms with van der Waals surface area (Å²) < 4.78 is 11.5. The Balaban J connectivity index is 1.41. The van der Waals surface area contributed by atoms with Gasteiger partial charge in [-0.1, -0.05) is 18.2 Å². The average Bonchev–Trinajstić information content (AvgIpc) is 3.12. The molecule has 1 saturated heterocycles. The molecule has 26 heavy (non-hydrogen) atoms. The molecular weight excluding hydrogens is 332 g/mol. The van der Waals surface area contributed by atoms with E-state index >= 15 is 0 Å². The number of pyridine rings is 1. The monoisotopic (exact) mass is 352 g/mol. The van der Waals surface area contributed by atoms with Crippen LogP contribution < -0.4 is 5.32 Å². The third-order valence-corrected chi connectivity index (χ3v) is 4.39. The van der Waals surface area contributed by atoms with Crippen LogP contribution in [0.5, 0.6) is 0 Å². The van der Waals surface area contributed by atoms with Crippen molar-refractivity contribution in [3.05, 3.63) is 60.2 Å². The number of carbonyl (C=O) groups is 1. The van der Waals surface area contributed by atoms with E-state index in [0.717, 1.165) is 23.1 Å². The number of aromatic amines is 1. The molecule has 1 aliphatic rings. The number of benzene rings is 1. The number of imidazole rings is 1. The molecule has 0 radical (unpaired) electrons. The standard InChI is InChI=1S/C19H20N4O3/c24-19(18-21-14-6-1-2-7-15(14)22-18)23-16-12-25-10-8-17(16)26-11-13-5-3-4-9-20-13/h1-7,9,16-17H,8,10-12H2,(H,21,22)(H,23,24)/t16-,17-/m1/s1. The second-order valence-corrected chi connectivity index (χ2v) is 6.22. The minimum absolute atomic E-state index is 0.126. The SMILES string of the molecule is O=C(N[C@@H]1COCC[C@H]1OCc1ccccn1)c1nc2ccccc2[nH]1. The molecule has 134 valence electrons. The van der Waals surface area contributed by atoms with Crippen molar-refractivity contribution in [2.45, 2.75) is 25.2 Å². The minimum atomic E-state index is -0.261. The molecule has 4 rings (SSSR count). The van der Waals surface area contributed by atoms with Crippen LogP contribution in [-0.4, -0.2) is 46.2 Å². The molecule has 1 aliphatic heterocycles. The predicted molar refractivity (Wildman–Crippen MR) is 95.6 cm³/mol. The zero-order valence-corrected chi connectivity index (χ0v) is 14.2. The van der Waals surface area contributed by atoms with Crippen molar-refractivity contribution in [3.63, 3.8) is 0 Å². The lowest BCUT2D eigenvalue weighted by Crippen LogP contribution is -2.50. The summed E-state index contributed by atoms with van der Waals surface area (Å²) in [5.74, 6) is 0.0309. The molecule has 3 aromatic rings. The number of H-pyrrole nitrogens is 1. The lowest BCUT2D eigenvalue weighted by atomic mass is 10.1. The van der Waals surface area contributed by atoms with E-state index in [9.17, 15) is 4.79 Å². The van der Waals surface area contributed by atoms with Crippen molar-refractivity contribution in [2.24, 2.45) is 0 Å². The molecule has 0 aliphatic carbocycles. The number of fused-ring (bicyclic) bond motifs is 1. The number of nitrogens with one attached hydrogen (secondary N) is 2. The number of hydrogen-bond donors (Lipinski definition) is 2. The summed E-state index contributed by atoms with van der Waals surface area (Å²) >= 11 is 0. The van der Waals surface area contributed by atoms with Gasteiger partial charge in [-0.2, -0.15) is 0 Å². The molecular formula is C19H20N4O3. The highest BCUT2D eigenvalue weighted by atomic mass is 16.5. The Morgan fingerprint density at radius 1 is 1.27 bits per heavy atom. The third-order valence-electron chi connectivity index (χ3n) is 4.39. The number of nitrogens with zero attached hydrogens (tertiary/aromatic N) is 2. The smallest absolute Gasteiger partial charge is 0.287 e. The van der Waals surface area contributed by atoms with E-state index in [1.165, 1.54) is 0 Å². The average molecular weight is 352 g/mol. The van der Waals surface area contributed by atoms with Gasteiger partial charge in [0, 0.05) is 12.8 Å². The second-order valence-electron chi connectivity index (χ2n) is 6.22. The summed E-state index contributed by atoms with van der Waals surface area (Å²) in [6.45, 7) is 1.44. The van der Waals surface area contributed by atoms with Crippen LogP contribution >= 0.6 is 0 Å². The summed E-state index contributed by atoms with van der Waals surface area (Å²) in [5.41, 5.74) is 2.46. The molecule has 2 N–H and O–H groups in total. The van der Waals surface area contributed by atoms with Crippen LogP contribution in [0.25, 0.3) is 11.0 Å². The van der Waals surface area contributed by atoms with E-state index in [1.54, 1.807) is 6.20 Å². The Morgan fingerprint density at radius 2 is 2.15 bits per heavy atom. The highest BCUT2D eigenvalue weighted by molar-refractivity contribution is 5.94. The van der Waals surface area contributed by atoms with Gasteiger partial charge in [0.1, 0.15) is 0 Å². The Bertz CT molecular complexity index is 848. The van der Waals surface area contributed by atoms with Crippen LogP contribution in [0.15, 0.2) is 48.7 Å². The van der Waals surface area contributed by atoms with Crippen LogP contribution in [0.4, 0.5) is 0 Å². The first-order chi connectivity index (χ1) is 12.8. The Morgan fingerprint density at radius 3 is 3.00 bits per heavy atom. The minimum Gasteiger partial charge on any atom is -0.379 e. The van der Waals surface area contributed by atoms with Crippen LogP contribution in [-0.2, 0) is 16.1 Å². The quantitative estimate of drug-likeness (QED) is 0.734. The highest BCUT2D eigenvalue weighted by Gasteiger charge is 2.29. The van der Waals surface area contributed by atoms with Gasteiger partial charge in [-0.3, -0.25) is 9.78 Å². The fourth-order valence-electron chi connectivity index (χ4n) is 3.03. The highest BCUT2D eigenvalue weighted by Crippen LogP contribution is 2.15. The zero-order chi connectivity index (χ0) is 17.8. The fraction of sp³-hybridized carbons (Fsp3) is 0.316. The first kappa shape index (κ1) is 16.7. The molecule has 0 saturated carbocycles. The summed E-state index contributed by atoms with van der Waals surface area (Å²) in [5, 5.41) is 2.98. The number of amides is 1. The van der Waals surface area contributed by atoms with Gasteiger partial charge < -0.3 is 19.8 Å². The number of rotatable bonds is 5.